The maximum atomic E-state index is 11.9. The van der Waals surface area contributed by atoms with E-state index in [9.17, 15) is 20.1 Å². The van der Waals surface area contributed by atoms with E-state index in [1.807, 2.05) is 64.1 Å². The Hall–Kier alpha value is -5.45. The highest BCUT2D eigenvalue weighted by molar-refractivity contribution is 6.62. The lowest BCUT2D eigenvalue weighted by Crippen LogP contribution is -2.41. The van der Waals surface area contributed by atoms with Crippen molar-refractivity contribution in [2.75, 3.05) is 14.2 Å². The van der Waals surface area contributed by atoms with E-state index in [0.717, 1.165) is 47.8 Å². The van der Waals surface area contributed by atoms with E-state index in [4.69, 9.17) is 18.8 Å². The van der Waals surface area contributed by atoms with Crippen LogP contribution < -0.4 is 10.2 Å². The summed E-state index contributed by atoms with van der Waals surface area (Å²) in [5.41, 5.74) is 10.6. The van der Waals surface area contributed by atoms with Crippen LogP contribution in [0.1, 0.15) is 185 Å². The molecule has 0 saturated carbocycles. The van der Waals surface area contributed by atoms with Crippen molar-refractivity contribution >= 4 is 30.7 Å². The van der Waals surface area contributed by atoms with E-state index in [1.54, 1.807) is 6.07 Å². The van der Waals surface area contributed by atoms with Crippen LogP contribution in [0.4, 0.5) is 0 Å². The minimum absolute atomic E-state index is 0.0402. The molecule has 0 aromatic heterocycles. The molecule has 1 aliphatic heterocycles. The van der Waals surface area contributed by atoms with Gasteiger partial charge in [0, 0.05) is 16.4 Å². The molecule has 1 aliphatic rings. The Morgan fingerprint density at radius 2 is 0.973 bits per heavy atom. The van der Waals surface area contributed by atoms with Gasteiger partial charge in [-0.25, -0.2) is 0 Å². The predicted octanol–water partition coefficient (Wildman–Crippen LogP) is 14.7. The largest absolute Gasteiger partial charge is 0.504 e. The highest BCUT2D eigenvalue weighted by atomic mass is 16.7. The minimum atomic E-state index is -0.777. The Morgan fingerprint density at radius 3 is 1.33 bits per heavy atom. The lowest BCUT2D eigenvalue weighted by Gasteiger charge is -2.34. The van der Waals surface area contributed by atoms with Crippen LogP contribution in [0.3, 0.4) is 0 Å². The number of hydrogen-bond acceptors (Lipinski definition) is 8. The summed E-state index contributed by atoms with van der Waals surface area (Å²) in [5.74, 6) is 0.00391. The number of rotatable bonds is 21. The molecule has 9 heteroatoms. The molecule has 0 spiro atoms. The van der Waals surface area contributed by atoms with E-state index in [0.29, 0.717) is 42.6 Å². The van der Waals surface area contributed by atoms with Gasteiger partial charge in [0.2, 0.25) is 0 Å². The fourth-order valence-electron chi connectivity index (χ4n) is 10.5. The molecular weight excluding hydrogens is 932 g/mol. The van der Waals surface area contributed by atoms with Crippen molar-refractivity contribution in [2.24, 2.45) is 0 Å². The summed E-state index contributed by atoms with van der Waals surface area (Å²) in [7, 11) is 2.51. The van der Waals surface area contributed by atoms with Crippen molar-refractivity contribution in [1.29, 1.82) is 0 Å². The van der Waals surface area contributed by atoms with Gasteiger partial charge in [0.15, 0.2) is 11.5 Å². The first-order chi connectivity index (χ1) is 35.5. The monoisotopic (exact) mass is 1020 g/mol. The van der Waals surface area contributed by atoms with Gasteiger partial charge in [-0.2, -0.15) is 0 Å². The number of phenolic OH excluding ortho intramolecular Hbond substituents is 1. The third-order valence-electron chi connectivity index (χ3n) is 17.3. The van der Waals surface area contributed by atoms with Crippen LogP contribution in [0.5, 0.6) is 11.5 Å². The molecule has 5 aromatic carbocycles. The number of carbonyl (C=O) groups excluding carboxylic acids is 1. The molecule has 1 heterocycles. The van der Waals surface area contributed by atoms with Crippen LogP contribution in [-0.4, -0.2) is 65.0 Å². The van der Waals surface area contributed by atoms with E-state index < -0.39 is 11.2 Å². The summed E-state index contributed by atoms with van der Waals surface area (Å²) in [6.07, 6.45) is 14.8. The van der Waals surface area contributed by atoms with Crippen molar-refractivity contribution in [1.82, 2.24) is 0 Å². The summed E-state index contributed by atoms with van der Waals surface area (Å²) in [6, 6.07) is 34.0. The zero-order valence-electron chi connectivity index (χ0n) is 48.4. The molecule has 0 bridgehead atoms. The fraction of sp³-hybridized carbons (Fsp3) is 0.470. The number of hydrogen-bond donors (Lipinski definition) is 3. The van der Waals surface area contributed by atoms with Crippen molar-refractivity contribution in [3.8, 4) is 22.6 Å². The average molecular weight is 1020 g/mol. The quantitative estimate of drug-likeness (QED) is 0.0492. The van der Waals surface area contributed by atoms with Crippen LogP contribution in [0.25, 0.3) is 23.3 Å². The number of esters is 1. The van der Waals surface area contributed by atoms with Crippen molar-refractivity contribution in [3.05, 3.63) is 159 Å². The smallest absolute Gasteiger partial charge is 0.494 e. The first-order valence-corrected chi connectivity index (χ1v) is 27.6. The summed E-state index contributed by atoms with van der Waals surface area (Å²) in [4.78, 5) is 11.9. The van der Waals surface area contributed by atoms with Gasteiger partial charge < -0.3 is 34.1 Å². The van der Waals surface area contributed by atoms with Crippen LogP contribution in [-0.2, 0) is 36.1 Å². The van der Waals surface area contributed by atoms with Crippen molar-refractivity contribution in [2.45, 2.75) is 188 Å². The number of aliphatic hydroxyl groups is 2. The molecule has 0 atom stereocenters. The molecule has 0 radical (unpaired) electrons. The summed E-state index contributed by atoms with van der Waals surface area (Å²) in [5, 5.41) is 32.2. The second-order valence-corrected chi connectivity index (χ2v) is 21.7. The molecule has 8 nitrogen and oxygen atoms in total. The maximum Gasteiger partial charge on any atom is 0.494 e. The summed E-state index contributed by atoms with van der Waals surface area (Å²) >= 11 is 0. The molecule has 75 heavy (non-hydrogen) atoms. The highest BCUT2D eigenvalue weighted by Crippen LogP contribution is 2.44. The van der Waals surface area contributed by atoms with E-state index in [-0.39, 0.29) is 47.3 Å². The first-order valence-electron chi connectivity index (χ1n) is 27.6. The fourth-order valence-corrected chi connectivity index (χ4v) is 10.5. The number of carbonyl (C=O) groups is 1. The number of benzene rings is 5. The van der Waals surface area contributed by atoms with E-state index in [2.05, 4.69) is 148 Å². The van der Waals surface area contributed by atoms with Gasteiger partial charge in [-0.05, 0) is 166 Å². The van der Waals surface area contributed by atoms with Gasteiger partial charge in [0.05, 0.1) is 43.0 Å². The second kappa shape index (κ2) is 25.1. The molecule has 3 N–H and O–H groups in total. The van der Waals surface area contributed by atoms with Crippen LogP contribution >= 0.6 is 0 Å². The van der Waals surface area contributed by atoms with Gasteiger partial charge >= 0.3 is 13.1 Å². The van der Waals surface area contributed by atoms with Crippen molar-refractivity contribution < 1.29 is 38.9 Å². The number of methoxy groups -OCH3 is 2. The van der Waals surface area contributed by atoms with Gasteiger partial charge in [-0.1, -0.05) is 165 Å². The Kier molecular flexibility index (Phi) is 20.3. The third kappa shape index (κ3) is 13.2. The molecule has 1 fully saturated rings. The summed E-state index contributed by atoms with van der Waals surface area (Å²) in [6.45, 7) is 29.7. The Labute approximate surface area is 451 Å². The minimum Gasteiger partial charge on any atom is -0.504 e. The number of aromatic hydroxyl groups is 1. The van der Waals surface area contributed by atoms with E-state index in [1.165, 1.54) is 47.6 Å². The maximum absolute atomic E-state index is 11.9. The molecule has 0 unspecified atom stereocenters. The van der Waals surface area contributed by atoms with Crippen LogP contribution in [0.2, 0.25) is 0 Å². The lowest BCUT2D eigenvalue weighted by atomic mass is 9.69. The molecule has 6 rings (SSSR count). The third-order valence-corrected chi connectivity index (χ3v) is 17.3. The number of phenols is 1. The van der Waals surface area contributed by atoms with Crippen LogP contribution in [0, 0.1) is 13.8 Å². The Morgan fingerprint density at radius 1 is 0.573 bits per heavy atom. The van der Waals surface area contributed by atoms with Gasteiger partial charge in [-0.15, -0.1) is 0 Å². The predicted molar refractivity (Wildman–Crippen MR) is 312 cm³/mol. The van der Waals surface area contributed by atoms with Gasteiger partial charge in [0.1, 0.15) is 0 Å². The zero-order chi connectivity index (χ0) is 55.6. The van der Waals surface area contributed by atoms with Crippen LogP contribution in [0.15, 0.2) is 109 Å². The molecule has 5 aromatic rings. The second-order valence-electron chi connectivity index (χ2n) is 21.7. The number of ether oxygens (including phenoxy) is 2. The molecule has 0 amide bonds. The zero-order valence-corrected chi connectivity index (χ0v) is 48.4. The van der Waals surface area contributed by atoms with Crippen molar-refractivity contribution in [3.63, 3.8) is 0 Å². The summed E-state index contributed by atoms with van der Waals surface area (Å²) < 4.78 is 22.7. The number of aryl methyl sites for hydroxylation is 2. The van der Waals surface area contributed by atoms with Gasteiger partial charge in [-0.3, -0.25) is 4.79 Å². The SMILES string of the molecule is CCC(O)(/C=C/c1ccc(C(CC)(CC)c2ccc(-c3cc(CC(=O)OC)cc(OC)c3O)cc2)cc1C)CC.CCC(O)(/C=C/c1ccc(C(CC)(CC)c2ccc(B3OC(C)(C)C(C)(C)O3)cc2)cc1C)CC. The lowest BCUT2D eigenvalue weighted by molar-refractivity contribution is -0.139. The normalized spacial score (nSPS) is 14.8. The first kappa shape index (κ1) is 60.4. The highest BCUT2D eigenvalue weighted by Gasteiger charge is 2.51. The Bertz CT molecular complexity index is 2720. The van der Waals surface area contributed by atoms with Gasteiger partial charge in [0.25, 0.3) is 0 Å². The standard InChI is InChI=1S/C35H44O5.C31H45BO3/c1-8-34(38,9-2)19-18-26-12-17-29(20-24(26)5)35(10-3,11-4)28-15-13-27(14-16-28)30-21-25(23-32(36)40-7)22-31(39-6)33(30)37;1-10-30(33,11-2)21-20-24-14-15-26(22-23(24)5)31(12-3,13-4)25-16-18-27(19-17-25)32-34-28(6,7)29(8,9)35-32/h12-22,37-38H,8-11,23H2,1-7H3;14-22,33H,10-13H2,1-9H3/b19-18+;21-20+. The van der Waals surface area contributed by atoms with E-state index >= 15 is 0 Å². The molecule has 1 saturated heterocycles. The molecular formula is C66H89BO8. The molecule has 404 valence electrons. The average Bonchev–Trinajstić information content (AvgIpc) is 3.64. The molecule has 0 aliphatic carbocycles. The Balaban J connectivity index is 0.000000280. The topological polar surface area (TPSA) is 115 Å².